The minimum absolute atomic E-state index is 0.132. The van der Waals surface area contributed by atoms with Crippen molar-refractivity contribution in [3.05, 3.63) is 82.2 Å². The number of benzene rings is 2. The van der Waals surface area contributed by atoms with Crippen LogP contribution in [0.4, 0.5) is 0 Å². The Morgan fingerprint density at radius 2 is 0.737 bits per heavy atom. The quantitative estimate of drug-likeness (QED) is 0.219. The van der Waals surface area contributed by atoms with Gasteiger partial charge in [-0.3, -0.25) is 0 Å². The average molecular weight is 521 g/mol. The molecule has 2 aromatic rings. The molecule has 0 heterocycles. The molecule has 0 saturated carbocycles. The fraction of sp³-hybridized carbons (Fsp3) is 0.529. The highest BCUT2D eigenvalue weighted by Gasteiger charge is 2.27. The summed E-state index contributed by atoms with van der Waals surface area (Å²) in [5.41, 5.74) is 12.0. The van der Waals surface area contributed by atoms with Gasteiger partial charge in [0.05, 0.1) is 0 Å². The standard InChI is InChI=1S/C34H52N2O2/c1-31(2,3)25-19-23(20-26(29(25)37)32(4,5)6)15-13-17-35-36-18-14-16-24-21-27(33(7,8)9)30(38)28(22-24)34(10,11)12/h13-14,17-22,35-38H,15-16H2,1-12H3. The van der Waals surface area contributed by atoms with Gasteiger partial charge < -0.3 is 21.1 Å². The number of hydrazine groups is 1. The summed E-state index contributed by atoms with van der Waals surface area (Å²) < 4.78 is 0. The zero-order valence-electron chi connectivity index (χ0n) is 25.9. The van der Waals surface area contributed by atoms with E-state index in [2.05, 4.69) is 130 Å². The van der Waals surface area contributed by atoms with Gasteiger partial charge in [-0.15, -0.1) is 0 Å². The van der Waals surface area contributed by atoms with Crippen molar-refractivity contribution in [3.63, 3.8) is 0 Å². The highest BCUT2D eigenvalue weighted by atomic mass is 16.3. The van der Waals surface area contributed by atoms with Crippen molar-refractivity contribution in [1.82, 2.24) is 10.9 Å². The first-order valence-corrected chi connectivity index (χ1v) is 13.8. The Bertz CT molecular complexity index is 997. The van der Waals surface area contributed by atoms with E-state index >= 15 is 0 Å². The van der Waals surface area contributed by atoms with Gasteiger partial charge in [0.15, 0.2) is 0 Å². The second-order valence-electron chi connectivity index (χ2n) is 14.6. The molecule has 0 radical (unpaired) electrons. The van der Waals surface area contributed by atoms with Crippen LogP contribution in [-0.2, 0) is 34.5 Å². The van der Waals surface area contributed by atoms with E-state index in [1.54, 1.807) is 0 Å². The molecule has 4 nitrogen and oxygen atoms in total. The van der Waals surface area contributed by atoms with Gasteiger partial charge >= 0.3 is 0 Å². The number of rotatable bonds is 7. The second kappa shape index (κ2) is 11.5. The van der Waals surface area contributed by atoms with Gasteiger partial charge in [0.25, 0.3) is 0 Å². The van der Waals surface area contributed by atoms with Gasteiger partial charge in [-0.1, -0.05) is 120 Å². The molecule has 0 amide bonds. The van der Waals surface area contributed by atoms with E-state index in [4.69, 9.17) is 0 Å². The van der Waals surface area contributed by atoms with Crippen molar-refractivity contribution in [2.75, 3.05) is 0 Å². The van der Waals surface area contributed by atoms with Crippen molar-refractivity contribution >= 4 is 0 Å². The van der Waals surface area contributed by atoms with Crippen LogP contribution in [0.25, 0.3) is 0 Å². The van der Waals surface area contributed by atoms with E-state index in [1.807, 2.05) is 12.4 Å². The van der Waals surface area contributed by atoms with Crippen LogP contribution in [0.5, 0.6) is 11.5 Å². The van der Waals surface area contributed by atoms with Crippen LogP contribution >= 0.6 is 0 Å². The maximum atomic E-state index is 10.9. The lowest BCUT2D eigenvalue weighted by Crippen LogP contribution is -2.20. The topological polar surface area (TPSA) is 64.5 Å². The molecule has 0 unspecified atom stereocenters. The van der Waals surface area contributed by atoms with E-state index in [0.717, 1.165) is 35.1 Å². The first kappa shape index (κ1) is 31.3. The third kappa shape index (κ3) is 8.31. The molecule has 0 atom stereocenters. The zero-order valence-corrected chi connectivity index (χ0v) is 25.9. The Balaban J connectivity index is 2.05. The smallest absolute Gasteiger partial charge is 0.123 e. The Kier molecular flexibility index (Phi) is 9.46. The Labute approximate surface area is 232 Å². The number of aromatic hydroxyl groups is 2. The lowest BCUT2D eigenvalue weighted by molar-refractivity contribution is 0.422. The fourth-order valence-electron chi connectivity index (χ4n) is 4.52. The highest BCUT2D eigenvalue weighted by molar-refractivity contribution is 5.51. The molecule has 210 valence electrons. The summed E-state index contributed by atoms with van der Waals surface area (Å²) in [4.78, 5) is 0. The van der Waals surface area contributed by atoms with Gasteiger partial charge in [0.1, 0.15) is 11.5 Å². The molecule has 0 fully saturated rings. The third-order valence-corrected chi connectivity index (χ3v) is 6.76. The van der Waals surface area contributed by atoms with Crippen LogP contribution in [-0.4, -0.2) is 10.2 Å². The molecule has 0 spiro atoms. The van der Waals surface area contributed by atoms with Crippen LogP contribution in [0.1, 0.15) is 116 Å². The van der Waals surface area contributed by atoms with Crippen LogP contribution in [0.2, 0.25) is 0 Å². The fourth-order valence-corrected chi connectivity index (χ4v) is 4.52. The molecular weight excluding hydrogens is 468 g/mol. The Morgan fingerprint density at radius 3 is 0.947 bits per heavy atom. The third-order valence-electron chi connectivity index (χ3n) is 6.76. The zero-order chi connectivity index (χ0) is 29.1. The molecule has 0 saturated heterocycles. The summed E-state index contributed by atoms with van der Waals surface area (Å²) in [5.74, 6) is 0.834. The van der Waals surface area contributed by atoms with Gasteiger partial charge in [0.2, 0.25) is 0 Å². The minimum Gasteiger partial charge on any atom is -0.507 e. The Morgan fingerprint density at radius 1 is 0.500 bits per heavy atom. The molecule has 0 aromatic heterocycles. The normalized spacial score (nSPS) is 13.5. The van der Waals surface area contributed by atoms with Gasteiger partial charge in [0, 0.05) is 12.4 Å². The van der Waals surface area contributed by atoms with Crippen LogP contribution in [0.15, 0.2) is 48.8 Å². The van der Waals surface area contributed by atoms with Crippen LogP contribution < -0.4 is 10.9 Å². The maximum absolute atomic E-state index is 10.9. The monoisotopic (exact) mass is 520 g/mol. The van der Waals surface area contributed by atoms with Gasteiger partial charge in [-0.05, 0) is 67.9 Å². The summed E-state index contributed by atoms with van der Waals surface area (Å²) in [6.07, 6.45) is 9.50. The minimum atomic E-state index is -0.132. The first-order valence-electron chi connectivity index (χ1n) is 13.8. The number of phenols is 2. The summed E-state index contributed by atoms with van der Waals surface area (Å²) in [6.45, 7) is 25.6. The van der Waals surface area contributed by atoms with Crippen LogP contribution in [0, 0.1) is 0 Å². The lowest BCUT2D eigenvalue weighted by atomic mass is 9.78. The van der Waals surface area contributed by atoms with E-state index in [1.165, 1.54) is 11.1 Å². The first-order chi connectivity index (χ1) is 17.2. The molecular formula is C34H52N2O2. The molecule has 38 heavy (non-hydrogen) atoms. The largest absolute Gasteiger partial charge is 0.507 e. The van der Waals surface area contributed by atoms with E-state index in [-0.39, 0.29) is 21.7 Å². The molecule has 4 N–H and O–H groups in total. The summed E-state index contributed by atoms with van der Waals surface area (Å²) >= 11 is 0. The molecule has 0 aliphatic rings. The SMILES string of the molecule is CC(C)(C)c1cc(CC=CNNC=CCc2cc(C(C)(C)C)c(O)c(C(C)(C)C)c2)cc(C(C)(C)C)c1O. The van der Waals surface area contributed by atoms with Gasteiger partial charge in [-0.25, -0.2) is 0 Å². The van der Waals surface area contributed by atoms with Crippen molar-refractivity contribution in [2.45, 2.75) is 118 Å². The van der Waals surface area contributed by atoms with Crippen molar-refractivity contribution in [2.24, 2.45) is 0 Å². The summed E-state index contributed by atoms with van der Waals surface area (Å²) in [5, 5.41) is 21.8. The summed E-state index contributed by atoms with van der Waals surface area (Å²) in [7, 11) is 0. The number of hydrogen-bond donors (Lipinski definition) is 4. The molecule has 0 aliphatic heterocycles. The van der Waals surface area contributed by atoms with Crippen molar-refractivity contribution in [1.29, 1.82) is 0 Å². The van der Waals surface area contributed by atoms with Crippen molar-refractivity contribution < 1.29 is 10.2 Å². The summed E-state index contributed by atoms with van der Waals surface area (Å²) in [6, 6.07) is 8.49. The molecule has 0 bridgehead atoms. The second-order valence-corrected chi connectivity index (χ2v) is 14.6. The highest BCUT2D eigenvalue weighted by Crippen LogP contribution is 2.41. The molecule has 2 aromatic carbocycles. The average Bonchev–Trinajstić information content (AvgIpc) is 2.74. The molecule has 2 rings (SSSR count). The van der Waals surface area contributed by atoms with Crippen molar-refractivity contribution in [3.8, 4) is 11.5 Å². The van der Waals surface area contributed by atoms with E-state index in [0.29, 0.717) is 11.5 Å². The van der Waals surface area contributed by atoms with E-state index in [9.17, 15) is 10.2 Å². The van der Waals surface area contributed by atoms with Crippen LogP contribution in [0.3, 0.4) is 0 Å². The predicted octanol–water partition coefficient (Wildman–Crippen LogP) is 8.19. The molecule has 4 heteroatoms. The van der Waals surface area contributed by atoms with Gasteiger partial charge in [-0.2, -0.15) is 0 Å². The maximum Gasteiger partial charge on any atom is 0.123 e. The number of phenolic OH excluding ortho intramolecular Hbond substituents is 2. The predicted molar refractivity (Wildman–Crippen MR) is 163 cm³/mol. The molecule has 0 aliphatic carbocycles. The number of nitrogens with one attached hydrogen (secondary N) is 2. The number of allylic oxidation sites excluding steroid dienone is 2. The lowest BCUT2D eigenvalue weighted by Gasteiger charge is -2.28. The van der Waals surface area contributed by atoms with E-state index < -0.39 is 0 Å². The Hall–Kier alpha value is -2.88. The number of hydrogen-bond acceptors (Lipinski definition) is 4.